The lowest BCUT2D eigenvalue weighted by molar-refractivity contribution is -0.0293. The molecule has 0 bridgehead atoms. The molecule has 1 atom stereocenters. The number of nitrogens with zero attached hydrogens (tertiary/aromatic N) is 4. The minimum atomic E-state index is -0.942. The molecule has 1 aliphatic rings. The van der Waals surface area contributed by atoms with Crippen molar-refractivity contribution in [3.63, 3.8) is 0 Å². The third-order valence-corrected chi connectivity index (χ3v) is 2.90. The number of ether oxygens (including phenoxy) is 1. The fraction of sp³-hybridized carbons (Fsp3) is 0.818. The summed E-state index contributed by atoms with van der Waals surface area (Å²) in [6.07, 6.45) is 1.92. The Morgan fingerprint density at radius 3 is 2.94 bits per heavy atom. The van der Waals surface area contributed by atoms with Gasteiger partial charge >= 0.3 is 0 Å². The standard InChI is InChI=1S/C11H20N4O2/c1-11(2,16)10-8-15(13-12-10)7-9-6-14(3)4-5-17-9/h8-9,16H,4-7H2,1-3H3. The highest BCUT2D eigenvalue weighted by molar-refractivity contribution is 5.02. The Hall–Kier alpha value is -0.980. The second kappa shape index (κ2) is 4.72. The highest BCUT2D eigenvalue weighted by Crippen LogP contribution is 2.16. The third kappa shape index (κ3) is 3.24. The van der Waals surface area contributed by atoms with Gasteiger partial charge in [0.25, 0.3) is 0 Å². The van der Waals surface area contributed by atoms with Gasteiger partial charge in [-0.05, 0) is 20.9 Å². The van der Waals surface area contributed by atoms with Crippen LogP contribution in [0.25, 0.3) is 0 Å². The summed E-state index contributed by atoms with van der Waals surface area (Å²) in [5.74, 6) is 0. The summed E-state index contributed by atoms with van der Waals surface area (Å²) in [5, 5.41) is 17.8. The number of aliphatic hydroxyl groups is 1. The lowest BCUT2D eigenvalue weighted by Crippen LogP contribution is -2.42. The highest BCUT2D eigenvalue weighted by atomic mass is 16.5. The Morgan fingerprint density at radius 2 is 2.35 bits per heavy atom. The van der Waals surface area contributed by atoms with Crippen LogP contribution in [0.3, 0.4) is 0 Å². The molecule has 2 rings (SSSR count). The molecule has 2 heterocycles. The van der Waals surface area contributed by atoms with Crippen molar-refractivity contribution in [2.75, 3.05) is 26.7 Å². The van der Waals surface area contributed by atoms with Gasteiger partial charge in [0.05, 0.1) is 25.5 Å². The molecule has 0 amide bonds. The minimum absolute atomic E-state index is 0.144. The van der Waals surface area contributed by atoms with Crippen molar-refractivity contribution in [3.05, 3.63) is 11.9 Å². The van der Waals surface area contributed by atoms with E-state index in [0.717, 1.165) is 19.7 Å². The number of likely N-dealkylation sites (N-methyl/N-ethyl adjacent to an activating group) is 1. The molecule has 0 aliphatic carbocycles. The molecule has 6 nitrogen and oxygen atoms in total. The average molecular weight is 240 g/mol. The number of aromatic nitrogens is 3. The zero-order valence-corrected chi connectivity index (χ0v) is 10.6. The summed E-state index contributed by atoms with van der Waals surface area (Å²) in [4.78, 5) is 2.24. The van der Waals surface area contributed by atoms with E-state index in [1.807, 2.05) is 0 Å². The van der Waals surface area contributed by atoms with Crippen molar-refractivity contribution in [1.82, 2.24) is 19.9 Å². The lowest BCUT2D eigenvalue weighted by atomic mass is 10.1. The first kappa shape index (κ1) is 12.5. The quantitative estimate of drug-likeness (QED) is 0.795. The molecule has 1 aromatic rings. The Labute approximate surface area is 101 Å². The second-order valence-electron chi connectivity index (χ2n) is 5.14. The summed E-state index contributed by atoms with van der Waals surface area (Å²) >= 11 is 0. The summed E-state index contributed by atoms with van der Waals surface area (Å²) in [6, 6.07) is 0. The van der Waals surface area contributed by atoms with Gasteiger partial charge in [-0.2, -0.15) is 0 Å². The summed E-state index contributed by atoms with van der Waals surface area (Å²) < 4.78 is 7.39. The van der Waals surface area contributed by atoms with Crippen LogP contribution in [0, 0.1) is 0 Å². The number of hydrogen-bond donors (Lipinski definition) is 1. The van der Waals surface area contributed by atoms with Gasteiger partial charge in [-0.1, -0.05) is 5.21 Å². The van der Waals surface area contributed by atoms with Gasteiger partial charge in [0, 0.05) is 13.1 Å². The van der Waals surface area contributed by atoms with Crippen LogP contribution in [0.4, 0.5) is 0 Å². The van der Waals surface area contributed by atoms with E-state index in [1.54, 1.807) is 24.7 Å². The van der Waals surface area contributed by atoms with Crippen molar-refractivity contribution in [2.24, 2.45) is 0 Å². The topological polar surface area (TPSA) is 63.4 Å². The van der Waals surface area contributed by atoms with E-state index in [9.17, 15) is 5.11 Å². The molecular weight excluding hydrogens is 220 g/mol. The Bertz CT molecular complexity index is 372. The molecule has 0 radical (unpaired) electrons. The molecular formula is C11H20N4O2. The molecule has 1 aliphatic heterocycles. The van der Waals surface area contributed by atoms with E-state index in [0.29, 0.717) is 12.2 Å². The predicted molar refractivity (Wildman–Crippen MR) is 62.5 cm³/mol. The smallest absolute Gasteiger partial charge is 0.114 e. The molecule has 1 unspecified atom stereocenters. The number of morpholine rings is 1. The second-order valence-corrected chi connectivity index (χ2v) is 5.14. The maximum atomic E-state index is 9.79. The summed E-state index contributed by atoms with van der Waals surface area (Å²) in [7, 11) is 2.08. The monoisotopic (exact) mass is 240 g/mol. The van der Waals surface area contributed by atoms with Crippen molar-refractivity contribution < 1.29 is 9.84 Å². The van der Waals surface area contributed by atoms with Gasteiger partial charge in [-0.25, -0.2) is 4.68 Å². The van der Waals surface area contributed by atoms with Gasteiger partial charge in [0.15, 0.2) is 0 Å². The molecule has 1 saturated heterocycles. The van der Waals surface area contributed by atoms with E-state index >= 15 is 0 Å². The molecule has 0 saturated carbocycles. The maximum Gasteiger partial charge on any atom is 0.114 e. The van der Waals surface area contributed by atoms with Crippen molar-refractivity contribution in [2.45, 2.75) is 32.1 Å². The number of hydrogen-bond acceptors (Lipinski definition) is 5. The first-order chi connectivity index (χ1) is 7.95. The highest BCUT2D eigenvalue weighted by Gasteiger charge is 2.22. The van der Waals surface area contributed by atoms with Crippen LogP contribution in [-0.4, -0.2) is 57.8 Å². The predicted octanol–water partition coefficient (Wildman–Crippen LogP) is -0.164. The van der Waals surface area contributed by atoms with E-state index in [1.165, 1.54) is 0 Å². The molecule has 1 N–H and O–H groups in total. The first-order valence-corrected chi connectivity index (χ1v) is 5.88. The van der Waals surface area contributed by atoms with Crippen LogP contribution in [0.5, 0.6) is 0 Å². The lowest BCUT2D eigenvalue weighted by Gasteiger charge is -2.29. The largest absolute Gasteiger partial charge is 0.384 e. The van der Waals surface area contributed by atoms with Crippen LogP contribution in [0.2, 0.25) is 0 Å². The van der Waals surface area contributed by atoms with Gasteiger partial charge in [0.1, 0.15) is 11.3 Å². The van der Waals surface area contributed by atoms with Crippen molar-refractivity contribution in [1.29, 1.82) is 0 Å². The van der Waals surface area contributed by atoms with Crippen molar-refractivity contribution >= 4 is 0 Å². The molecule has 0 spiro atoms. The van der Waals surface area contributed by atoms with Gasteiger partial charge in [-0.15, -0.1) is 5.10 Å². The van der Waals surface area contributed by atoms with E-state index in [2.05, 4.69) is 22.3 Å². The van der Waals surface area contributed by atoms with Crippen LogP contribution in [0.15, 0.2) is 6.20 Å². The zero-order chi connectivity index (χ0) is 12.5. The van der Waals surface area contributed by atoms with E-state index in [-0.39, 0.29) is 6.10 Å². The van der Waals surface area contributed by atoms with Crippen LogP contribution < -0.4 is 0 Å². The fourth-order valence-corrected chi connectivity index (χ4v) is 1.85. The summed E-state index contributed by atoms with van der Waals surface area (Å²) in [5.41, 5.74) is -0.357. The number of rotatable bonds is 3. The van der Waals surface area contributed by atoms with E-state index in [4.69, 9.17) is 4.74 Å². The van der Waals surface area contributed by atoms with Gasteiger partial charge in [0.2, 0.25) is 0 Å². The molecule has 96 valence electrons. The Morgan fingerprint density at radius 1 is 1.59 bits per heavy atom. The van der Waals surface area contributed by atoms with Crippen molar-refractivity contribution in [3.8, 4) is 0 Å². The molecule has 17 heavy (non-hydrogen) atoms. The molecule has 1 aromatic heterocycles. The normalized spacial score (nSPS) is 22.9. The zero-order valence-electron chi connectivity index (χ0n) is 10.6. The van der Waals surface area contributed by atoms with E-state index < -0.39 is 5.60 Å². The first-order valence-electron chi connectivity index (χ1n) is 5.88. The average Bonchev–Trinajstić information content (AvgIpc) is 2.65. The maximum absolute atomic E-state index is 9.79. The fourth-order valence-electron chi connectivity index (χ4n) is 1.85. The Kier molecular flexibility index (Phi) is 3.46. The van der Waals surface area contributed by atoms with Gasteiger partial charge < -0.3 is 14.7 Å². The van der Waals surface area contributed by atoms with Crippen LogP contribution in [0.1, 0.15) is 19.5 Å². The third-order valence-electron chi connectivity index (χ3n) is 2.90. The molecule has 1 fully saturated rings. The van der Waals surface area contributed by atoms with Gasteiger partial charge in [-0.3, -0.25) is 0 Å². The molecule has 6 heteroatoms. The SMILES string of the molecule is CN1CCOC(Cn2cc(C(C)(C)O)nn2)C1. The minimum Gasteiger partial charge on any atom is -0.384 e. The van der Waals surface area contributed by atoms with Crippen LogP contribution >= 0.6 is 0 Å². The summed E-state index contributed by atoms with van der Waals surface area (Å²) in [6.45, 7) is 6.71. The Balaban J connectivity index is 1.97. The van der Waals surface area contributed by atoms with Crippen LogP contribution in [-0.2, 0) is 16.9 Å². The molecule has 0 aromatic carbocycles.